The molecule has 1 atom stereocenters. The summed E-state index contributed by atoms with van der Waals surface area (Å²) in [5.41, 5.74) is 1.32. The third kappa shape index (κ3) is 7.99. The van der Waals surface area contributed by atoms with Crippen molar-refractivity contribution >= 4 is 5.91 Å². The van der Waals surface area contributed by atoms with Crippen LogP contribution in [-0.4, -0.2) is 5.91 Å². The first kappa shape index (κ1) is 21.2. The summed E-state index contributed by atoms with van der Waals surface area (Å²) >= 11 is 0. The van der Waals surface area contributed by atoms with Crippen molar-refractivity contribution in [3.05, 3.63) is 47.5 Å². The highest BCUT2D eigenvalue weighted by Gasteiger charge is 2.16. The number of hydrogen-bond donors (Lipinski definition) is 1. The average molecular weight is 367 g/mol. The van der Waals surface area contributed by atoms with E-state index >= 15 is 0 Å². The number of allylic oxidation sites excluding steroid dienone is 1. The number of nitrogens with one attached hydrogen (secondary N) is 1. The number of amides is 1. The first-order chi connectivity index (χ1) is 13.2. The first-order valence-corrected chi connectivity index (χ1v) is 10.7. The first-order valence-electron chi connectivity index (χ1n) is 10.7. The maximum atomic E-state index is 12.6. The summed E-state index contributed by atoms with van der Waals surface area (Å²) < 4.78 is 0. The summed E-state index contributed by atoms with van der Waals surface area (Å²) in [6.07, 6.45) is 15.8. The SMILES string of the molecule is CC(NC(=O)C(C#N)=CC1CCCCCCCCCCC1)c1ccccc1. The van der Waals surface area contributed by atoms with Crippen LogP contribution in [0, 0.1) is 17.2 Å². The van der Waals surface area contributed by atoms with Gasteiger partial charge in [0.05, 0.1) is 6.04 Å². The highest BCUT2D eigenvalue weighted by Crippen LogP contribution is 2.23. The molecule has 1 aliphatic rings. The van der Waals surface area contributed by atoms with Crippen LogP contribution in [0.4, 0.5) is 0 Å². The van der Waals surface area contributed by atoms with Crippen LogP contribution in [0.5, 0.6) is 0 Å². The van der Waals surface area contributed by atoms with E-state index in [2.05, 4.69) is 11.4 Å². The van der Waals surface area contributed by atoms with Crippen LogP contribution in [0.2, 0.25) is 0 Å². The maximum Gasteiger partial charge on any atom is 0.262 e. The van der Waals surface area contributed by atoms with Crippen molar-refractivity contribution in [3.8, 4) is 6.07 Å². The lowest BCUT2D eigenvalue weighted by Gasteiger charge is -2.16. The molecule has 1 N–H and O–H groups in total. The smallest absolute Gasteiger partial charge is 0.262 e. The van der Waals surface area contributed by atoms with Crippen LogP contribution in [0.3, 0.4) is 0 Å². The third-order valence-electron chi connectivity index (χ3n) is 5.56. The van der Waals surface area contributed by atoms with E-state index in [1.807, 2.05) is 43.3 Å². The number of nitrogens with zero attached hydrogens (tertiary/aromatic N) is 1. The topological polar surface area (TPSA) is 52.9 Å². The molecule has 1 fully saturated rings. The van der Waals surface area contributed by atoms with Crippen molar-refractivity contribution in [2.24, 2.45) is 5.92 Å². The van der Waals surface area contributed by atoms with Crippen molar-refractivity contribution < 1.29 is 4.79 Å². The van der Waals surface area contributed by atoms with Gasteiger partial charge in [-0.3, -0.25) is 4.79 Å². The van der Waals surface area contributed by atoms with Gasteiger partial charge in [0.25, 0.3) is 5.91 Å². The molecule has 1 amide bonds. The molecule has 1 saturated carbocycles. The second-order valence-corrected chi connectivity index (χ2v) is 7.82. The summed E-state index contributed by atoms with van der Waals surface area (Å²) in [7, 11) is 0. The molecule has 0 radical (unpaired) electrons. The van der Waals surface area contributed by atoms with Gasteiger partial charge in [-0.25, -0.2) is 0 Å². The molecule has 1 aromatic carbocycles. The lowest BCUT2D eigenvalue weighted by molar-refractivity contribution is -0.117. The molecule has 2 rings (SSSR count). The quantitative estimate of drug-likeness (QED) is 0.507. The Morgan fingerprint density at radius 3 is 2.04 bits per heavy atom. The Morgan fingerprint density at radius 2 is 1.52 bits per heavy atom. The lowest BCUT2D eigenvalue weighted by atomic mass is 9.91. The normalized spacial score (nSPS) is 19.2. The molecule has 146 valence electrons. The molecule has 0 saturated heterocycles. The predicted octanol–water partition coefficient (Wildman–Crippen LogP) is 6.23. The maximum absolute atomic E-state index is 12.6. The number of nitriles is 1. The monoisotopic (exact) mass is 366 g/mol. The van der Waals surface area contributed by atoms with E-state index < -0.39 is 0 Å². The van der Waals surface area contributed by atoms with Crippen LogP contribution in [0.15, 0.2) is 42.0 Å². The zero-order valence-corrected chi connectivity index (χ0v) is 16.8. The van der Waals surface area contributed by atoms with E-state index in [4.69, 9.17) is 0 Å². The molecule has 0 bridgehead atoms. The van der Waals surface area contributed by atoms with Crippen molar-refractivity contribution in [2.75, 3.05) is 0 Å². The molecule has 0 spiro atoms. The summed E-state index contributed by atoms with van der Waals surface area (Å²) in [5.74, 6) is 0.0943. The Bertz CT molecular complexity index is 618. The van der Waals surface area contributed by atoms with E-state index in [1.165, 1.54) is 57.8 Å². The van der Waals surface area contributed by atoms with Crippen LogP contribution < -0.4 is 5.32 Å². The molecule has 27 heavy (non-hydrogen) atoms. The second-order valence-electron chi connectivity index (χ2n) is 7.82. The van der Waals surface area contributed by atoms with Crippen LogP contribution >= 0.6 is 0 Å². The average Bonchev–Trinajstić information content (AvgIpc) is 2.68. The molecular formula is C24H34N2O. The molecule has 0 heterocycles. The van der Waals surface area contributed by atoms with Crippen LogP contribution in [0.1, 0.15) is 89.2 Å². The fourth-order valence-electron chi connectivity index (χ4n) is 3.86. The molecule has 3 heteroatoms. The number of carbonyl (C=O) groups excluding carboxylic acids is 1. The predicted molar refractivity (Wildman–Crippen MR) is 111 cm³/mol. The van der Waals surface area contributed by atoms with E-state index in [-0.39, 0.29) is 17.5 Å². The molecule has 0 aromatic heterocycles. The number of benzene rings is 1. The molecular weight excluding hydrogens is 332 g/mol. The van der Waals surface area contributed by atoms with Crippen LogP contribution in [0.25, 0.3) is 0 Å². The largest absolute Gasteiger partial charge is 0.345 e. The minimum atomic E-state index is -0.250. The van der Waals surface area contributed by atoms with Gasteiger partial charge in [-0.2, -0.15) is 5.26 Å². The van der Waals surface area contributed by atoms with E-state index in [9.17, 15) is 10.1 Å². The molecule has 1 aromatic rings. The highest BCUT2D eigenvalue weighted by atomic mass is 16.1. The van der Waals surface area contributed by atoms with Gasteiger partial charge in [0.15, 0.2) is 0 Å². The van der Waals surface area contributed by atoms with Gasteiger partial charge in [0, 0.05) is 0 Å². The fourth-order valence-corrected chi connectivity index (χ4v) is 3.86. The number of hydrogen-bond acceptors (Lipinski definition) is 2. The Balaban J connectivity index is 1.97. The third-order valence-corrected chi connectivity index (χ3v) is 5.56. The molecule has 1 unspecified atom stereocenters. The second kappa shape index (κ2) is 12.3. The highest BCUT2D eigenvalue weighted by molar-refractivity contribution is 5.97. The van der Waals surface area contributed by atoms with E-state index in [0.29, 0.717) is 5.92 Å². The zero-order chi connectivity index (χ0) is 19.3. The van der Waals surface area contributed by atoms with Crippen molar-refractivity contribution in [1.29, 1.82) is 5.26 Å². The Hall–Kier alpha value is -2.08. The van der Waals surface area contributed by atoms with Gasteiger partial charge in [-0.05, 0) is 31.2 Å². The summed E-state index contributed by atoms with van der Waals surface area (Å²) in [4.78, 5) is 12.6. The number of carbonyl (C=O) groups is 1. The fraction of sp³-hybridized carbons (Fsp3) is 0.583. The number of rotatable bonds is 4. The van der Waals surface area contributed by atoms with Gasteiger partial charge in [-0.1, -0.05) is 94.2 Å². The van der Waals surface area contributed by atoms with Gasteiger partial charge >= 0.3 is 0 Å². The molecule has 1 aliphatic carbocycles. The van der Waals surface area contributed by atoms with Crippen molar-refractivity contribution in [3.63, 3.8) is 0 Å². The van der Waals surface area contributed by atoms with Gasteiger partial charge in [-0.15, -0.1) is 0 Å². The Morgan fingerprint density at radius 1 is 1.00 bits per heavy atom. The van der Waals surface area contributed by atoms with Gasteiger partial charge in [0.1, 0.15) is 11.6 Å². The minimum absolute atomic E-state index is 0.105. The van der Waals surface area contributed by atoms with E-state index in [1.54, 1.807) is 0 Å². The van der Waals surface area contributed by atoms with Crippen molar-refractivity contribution in [2.45, 2.75) is 83.6 Å². The van der Waals surface area contributed by atoms with Gasteiger partial charge < -0.3 is 5.32 Å². The Labute approximate surface area is 164 Å². The zero-order valence-electron chi connectivity index (χ0n) is 16.8. The summed E-state index contributed by atoms with van der Waals surface area (Å²) in [6, 6.07) is 11.9. The van der Waals surface area contributed by atoms with E-state index in [0.717, 1.165) is 18.4 Å². The minimum Gasteiger partial charge on any atom is -0.345 e. The van der Waals surface area contributed by atoms with Gasteiger partial charge in [0.2, 0.25) is 0 Å². The summed E-state index contributed by atoms with van der Waals surface area (Å²) in [6.45, 7) is 1.96. The standard InChI is InChI=1S/C24H34N2O/c1-20(22-16-12-9-13-17-22)26-24(27)23(19-25)18-21-14-10-7-5-3-2-4-6-8-11-15-21/h9,12-13,16-18,20-21H,2-8,10-11,14-15H2,1H3,(H,26,27). The lowest BCUT2D eigenvalue weighted by Crippen LogP contribution is -2.28. The summed E-state index contributed by atoms with van der Waals surface area (Å²) in [5, 5.41) is 12.5. The van der Waals surface area contributed by atoms with Crippen LogP contribution in [-0.2, 0) is 4.79 Å². The molecule has 3 nitrogen and oxygen atoms in total. The molecule has 0 aliphatic heterocycles. The Kier molecular flexibility index (Phi) is 9.69. The van der Waals surface area contributed by atoms with Crippen molar-refractivity contribution in [1.82, 2.24) is 5.32 Å².